The van der Waals surface area contributed by atoms with Gasteiger partial charge in [-0.05, 0) is 59.3 Å². The molecule has 0 bridgehead atoms. The van der Waals surface area contributed by atoms with E-state index in [4.69, 9.17) is 0 Å². The van der Waals surface area contributed by atoms with Gasteiger partial charge in [-0.2, -0.15) is 17.5 Å². The van der Waals surface area contributed by atoms with Crippen LogP contribution in [0.5, 0.6) is 5.75 Å². The first-order valence-electron chi connectivity index (χ1n) is 9.47. The zero-order valence-electron chi connectivity index (χ0n) is 16.5. The summed E-state index contributed by atoms with van der Waals surface area (Å²) in [5.41, 5.74) is -0.104. The molecule has 0 spiro atoms. The van der Waals surface area contributed by atoms with Crippen molar-refractivity contribution in [3.63, 3.8) is 0 Å². The van der Waals surface area contributed by atoms with E-state index in [1.54, 1.807) is 11.4 Å². The lowest BCUT2D eigenvalue weighted by atomic mass is 9.95. The first-order valence-corrected chi connectivity index (χ1v) is 11.8. The Hall–Kier alpha value is -2.57. The van der Waals surface area contributed by atoms with Crippen LogP contribution >= 0.6 is 11.3 Å². The fourth-order valence-electron chi connectivity index (χ4n) is 3.72. The van der Waals surface area contributed by atoms with Gasteiger partial charge < -0.3 is 4.74 Å². The summed E-state index contributed by atoms with van der Waals surface area (Å²) in [4.78, 5) is 0.379. The predicted octanol–water partition coefficient (Wildman–Crippen LogP) is 6.00. The van der Waals surface area contributed by atoms with Gasteiger partial charge in [0.1, 0.15) is 5.75 Å². The number of sulfonamides is 1. The summed E-state index contributed by atoms with van der Waals surface area (Å²) >= 11 is 1.41. The smallest absolute Gasteiger partial charge is 0.406 e. The van der Waals surface area contributed by atoms with Crippen molar-refractivity contribution in [3.05, 3.63) is 81.5 Å². The molecule has 176 valence electrons. The van der Waals surface area contributed by atoms with E-state index in [9.17, 15) is 34.8 Å². The Morgan fingerprint density at radius 1 is 0.970 bits per heavy atom. The van der Waals surface area contributed by atoms with Crippen LogP contribution in [0.2, 0.25) is 0 Å². The van der Waals surface area contributed by atoms with Crippen molar-refractivity contribution in [2.75, 3.05) is 6.54 Å². The van der Waals surface area contributed by atoms with Crippen molar-refractivity contribution in [3.8, 4) is 5.75 Å². The number of alkyl halides is 6. The maximum absolute atomic E-state index is 13.4. The van der Waals surface area contributed by atoms with Gasteiger partial charge in [0.15, 0.2) is 0 Å². The number of rotatable bonds is 4. The molecule has 0 N–H and O–H groups in total. The number of nitrogens with zero attached hydrogens (tertiary/aromatic N) is 1. The minimum Gasteiger partial charge on any atom is -0.406 e. The number of thiophene rings is 1. The van der Waals surface area contributed by atoms with Gasteiger partial charge >= 0.3 is 12.5 Å². The second kappa shape index (κ2) is 8.33. The third-order valence-corrected chi connectivity index (χ3v) is 7.98. The first kappa shape index (κ1) is 23.6. The molecule has 0 saturated heterocycles. The highest BCUT2D eigenvalue weighted by Gasteiger charge is 2.39. The van der Waals surface area contributed by atoms with Gasteiger partial charge in [0, 0.05) is 11.4 Å². The van der Waals surface area contributed by atoms with Crippen molar-refractivity contribution in [2.45, 2.75) is 29.9 Å². The maximum atomic E-state index is 13.4. The number of hydrogen-bond acceptors (Lipinski definition) is 4. The summed E-state index contributed by atoms with van der Waals surface area (Å²) in [7, 11) is -4.37. The second-order valence-electron chi connectivity index (χ2n) is 7.21. The zero-order chi connectivity index (χ0) is 24.0. The second-order valence-corrected chi connectivity index (χ2v) is 10.1. The molecular weight excluding hydrogens is 492 g/mol. The van der Waals surface area contributed by atoms with Gasteiger partial charge in [-0.3, -0.25) is 0 Å². The zero-order valence-corrected chi connectivity index (χ0v) is 18.2. The molecule has 12 heteroatoms. The van der Waals surface area contributed by atoms with Gasteiger partial charge in [0.2, 0.25) is 10.0 Å². The van der Waals surface area contributed by atoms with Gasteiger partial charge in [0.05, 0.1) is 16.5 Å². The number of hydrogen-bond donors (Lipinski definition) is 0. The van der Waals surface area contributed by atoms with Crippen LogP contribution in [-0.2, 0) is 22.6 Å². The largest absolute Gasteiger partial charge is 0.573 e. The number of benzene rings is 2. The number of fused-ring (bicyclic) bond motifs is 1. The van der Waals surface area contributed by atoms with Crippen LogP contribution in [-0.4, -0.2) is 25.6 Å². The van der Waals surface area contributed by atoms with Crippen molar-refractivity contribution >= 4 is 21.4 Å². The van der Waals surface area contributed by atoms with Crippen molar-refractivity contribution < 1.29 is 39.5 Å². The van der Waals surface area contributed by atoms with E-state index in [0.29, 0.717) is 23.6 Å². The lowest BCUT2D eigenvalue weighted by Crippen LogP contribution is -2.40. The van der Waals surface area contributed by atoms with Gasteiger partial charge in [-0.25, -0.2) is 8.42 Å². The molecule has 2 aromatic carbocycles. The van der Waals surface area contributed by atoms with E-state index in [0.717, 1.165) is 39.5 Å². The Labute approximate surface area is 189 Å². The summed E-state index contributed by atoms with van der Waals surface area (Å²) in [6, 6.07) is 9.02. The van der Waals surface area contributed by atoms with E-state index in [2.05, 4.69) is 4.74 Å². The third kappa shape index (κ3) is 4.87. The highest BCUT2D eigenvalue weighted by Crippen LogP contribution is 2.42. The highest BCUT2D eigenvalue weighted by atomic mass is 32.2. The summed E-state index contributed by atoms with van der Waals surface area (Å²) in [6.07, 6.45) is -9.25. The topological polar surface area (TPSA) is 46.6 Å². The molecule has 1 aliphatic rings. The lowest BCUT2D eigenvalue weighted by Gasteiger charge is -2.35. The van der Waals surface area contributed by atoms with Gasteiger partial charge in [0.25, 0.3) is 0 Å². The molecule has 4 nitrogen and oxygen atoms in total. The molecule has 0 fully saturated rings. The average molecular weight is 507 g/mol. The van der Waals surface area contributed by atoms with Gasteiger partial charge in [-0.1, -0.05) is 18.2 Å². The molecule has 1 unspecified atom stereocenters. The van der Waals surface area contributed by atoms with Crippen LogP contribution in [0.3, 0.4) is 0 Å². The quantitative estimate of drug-likeness (QED) is 0.407. The van der Waals surface area contributed by atoms with Crippen LogP contribution in [0.25, 0.3) is 0 Å². The first-order chi connectivity index (χ1) is 15.4. The molecule has 4 rings (SSSR count). The minimum absolute atomic E-state index is 0.00242. The van der Waals surface area contributed by atoms with E-state index in [1.165, 1.54) is 23.5 Å². The van der Waals surface area contributed by atoms with Crippen molar-refractivity contribution in [2.24, 2.45) is 0 Å². The summed E-state index contributed by atoms with van der Waals surface area (Å²) in [5.74, 6) is -0.472. The molecule has 2 heterocycles. The summed E-state index contributed by atoms with van der Waals surface area (Å²) in [5, 5.41) is 1.76. The Morgan fingerprint density at radius 3 is 2.30 bits per heavy atom. The lowest BCUT2D eigenvalue weighted by molar-refractivity contribution is -0.274. The molecule has 0 amide bonds. The Kier molecular flexibility index (Phi) is 5.95. The standard InChI is InChI=1S/C21H15F6NO3S2/c22-20(23,24)14-2-1-3-16(12-14)33(29,30)28-10-8-18-17(9-11-32-18)19(28)13-4-6-15(7-5-13)31-21(25,26)27/h1-7,9,11-12,19H,8,10H2. The van der Waals surface area contributed by atoms with Crippen LogP contribution < -0.4 is 4.74 Å². The molecule has 0 radical (unpaired) electrons. The molecular formula is C21H15F6NO3S2. The molecule has 3 aromatic rings. The molecule has 1 aliphatic heterocycles. The Bertz CT molecular complexity index is 1250. The van der Waals surface area contributed by atoms with Crippen LogP contribution in [0.15, 0.2) is 64.9 Å². The SMILES string of the molecule is O=S(=O)(c1cccc(C(F)(F)F)c1)N1CCc2sccc2C1c1ccc(OC(F)(F)F)cc1. The highest BCUT2D eigenvalue weighted by molar-refractivity contribution is 7.89. The fraction of sp³-hybridized carbons (Fsp3) is 0.238. The van der Waals surface area contributed by atoms with Crippen molar-refractivity contribution in [1.82, 2.24) is 4.31 Å². The fourth-order valence-corrected chi connectivity index (χ4v) is 6.26. The molecule has 1 atom stereocenters. The minimum atomic E-state index is -4.88. The Balaban J connectivity index is 1.76. The average Bonchev–Trinajstić information content (AvgIpc) is 3.21. The summed E-state index contributed by atoms with van der Waals surface area (Å²) in [6.45, 7) is -0.00242. The van der Waals surface area contributed by atoms with Crippen LogP contribution in [0, 0.1) is 0 Å². The van der Waals surface area contributed by atoms with Crippen molar-refractivity contribution in [1.29, 1.82) is 0 Å². The maximum Gasteiger partial charge on any atom is 0.573 e. The molecule has 1 aromatic heterocycles. The number of halogens is 6. The predicted molar refractivity (Wildman–Crippen MR) is 108 cm³/mol. The van der Waals surface area contributed by atoms with E-state index >= 15 is 0 Å². The normalized spacial score (nSPS) is 17.6. The van der Waals surface area contributed by atoms with E-state index in [1.807, 2.05) is 0 Å². The van der Waals surface area contributed by atoms with Crippen LogP contribution in [0.4, 0.5) is 26.3 Å². The van der Waals surface area contributed by atoms with Crippen LogP contribution in [0.1, 0.15) is 27.6 Å². The molecule has 0 saturated carbocycles. The molecule has 0 aliphatic carbocycles. The Morgan fingerprint density at radius 2 is 1.67 bits per heavy atom. The monoisotopic (exact) mass is 507 g/mol. The van der Waals surface area contributed by atoms with E-state index < -0.39 is 44.8 Å². The number of ether oxygens (including phenoxy) is 1. The summed E-state index contributed by atoms with van der Waals surface area (Å²) < 4.78 is 109. The van der Waals surface area contributed by atoms with Gasteiger partial charge in [-0.15, -0.1) is 24.5 Å². The molecule has 33 heavy (non-hydrogen) atoms. The van der Waals surface area contributed by atoms with E-state index in [-0.39, 0.29) is 6.54 Å². The third-order valence-electron chi connectivity index (χ3n) is 5.12.